The smallest absolute Gasteiger partial charge is 0.223 e. The van der Waals surface area contributed by atoms with E-state index in [0.29, 0.717) is 5.69 Å². The van der Waals surface area contributed by atoms with Gasteiger partial charge in [-0.05, 0) is 52.2 Å². The largest absolute Gasteiger partial charge is 0.503 e. The van der Waals surface area contributed by atoms with Crippen LogP contribution in [-0.4, -0.2) is 34.2 Å². The lowest BCUT2D eigenvalue weighted by Gasteiger charge is -2.26. The normalized spacial score (nSPS) is 16.4. The Morgan fingerprint density at radius 2 is 1.80 bits per heavy atom. The molecule has 1 aliphatic rings. The van der Waals surface area contributed by atoms with Crippen molar-refractivity contribution in [2.45, 2.75) is 52.0 Å². The summed E-state index contributed by atoms with van der Waals surface area (Å²) in [7, 11) is 0. The minimum atomic E-state index is -0.288. The van der Waals surface area contributed by atoms with Gasteiger partial charge in [0.1, 0.15) is 0 Å². The maximum absolute atomic E-state index is 11.3. The predicted molar refractivity (Wildman–Crippen MR) is 81.2 cm³/mol. The molecule has 1 N–H and O–H groups in total. The van der Waals surface area contributed by atoms with E-state index in [1.54, 1.807) is 13.1 Å². The maximum Gasteiger partial charge on any atom is 0.223 e. The van der Waals surface area contributed by atoms with Crippen LogP contribution in [0.15, 0.2) is 17.1 Å². The van der Waals surface area contributed by atoms with E-state index in [1.165, 1.54) is 57.8 Å². The fraction of sp³-hybridized carbons (Fsp3) is 0.688. The van der Waals surface area contributed by atoms with Crippen LogP contribution in [0.2, 0.25) is 0 Å². The standard InChI is InChI=1S/C16H26N2O2/c1-14-16(20)15(19)8-13-18(14)12-7-3-6-11-17-9-4-2-5-10-17/h8,13,20H,2-7,9-12H2,1H3. The zero-order chi connectivity index (χ0) is 14.4. The van der Waals surface area contributed by atoms with E-state index in [9.17, 15) is 9.90 Å². The summed E-state index contributed by atoms with van der Waals surface area (Å²) in [5.74, 6) is -0.110. The van der Waals surface area contributed by atoms with E-state index < -0.39 is 0 Å². The Bertz CT molecular complexity index is 476. The van der Waals surface area contributed by atoms with Gasteiger partial charge in [0.2, 0.25) is 5.43 Å². The predicted octanol–water partition coefficient (Wildman–Crippen LogP) is 2.52. The molecule has 0 bridgehead atoms. The van der Waals surface area contributed by atoms with Gasteiger partial charge < -0.3 is 14.6 Å². The third-order valence-electron chi connectivity index (χ3n) is 4.23. The molecular formula is C16H26N2O2. The van der Waals surface area contributed by atoms with E-state index in [-0.39, 0.29) is 11.2 Å². The highest BCUT2D eigenvalue weighted by molar-refractivity contribution is 5.25. The molecule has 1 saturated heterocycles. The molecule has 0 aliphatic carbocycles. The number of aromatic nitrogens is 1. The molecule has 4 nitrogen and oxygen atoms in total. The number of unbranched alkanes of at least 4 members (excludes halogenated alkanes) is 2. The van der Waals surface area contributed by atoms with Gasteiger partial charge in [-0.15, -0.1) is 0 Å². The van der Waals surface area contributed by atoms with E-state index in [4.69, 9.17) is 0 Å². The van der Waals surface area contributed by atoms with Gasteiger partial charge in [-0.1, -0.05) is 12.8 Å². The molecule has 1 aromatic rings. The number of aromatic hydroxyl groups is 1. The number of hydrogen-bond acceptors (Lipinski definition) is 3. The van der Waals surface area contributed by atoms with Crippen LogP contribution in [-0.2, 0) is 6.54 Å². The number of piperidine rings is 1. The van der Waals surface area contributed by atoms with Crippen LogP contribution in [0, 0.1) is 6.92 Å². The van der Waals surface area contributed by atoms with Crippen LogP contribution in [0.4, 0.5) is 0 Å². The first kappa shape index (κ1) is 15.1. The lowest BCUT2D eigenvalue weighted by atomic mass is 10.1. The molecule has 0 radical (unpaired) electrons. The van der Waals surface area contributed by atoms with Crippen LogP contribution in [0.3, 0.4) is 0 Å². The Labute approximate surface area is 121 Å². The van der Waals surface area contributed by atoms with Crippen LogP contribution < -0.4 is 5.43 Å². The van der Waals surface area contributed by atoms with E-state index in [1.807, 2.05) is 4.57 Å². The van der Waals surface area contributed by atoms with Gasteiger partial charge in [0.05, 0.1) is 5.69 Å². The lowest BCUT2D eigenvalue weighted by molar-refractivity contribution is 0.224. The van der Waals surface area contributed by atoms with E-state index in [0.717, 1.165) is 13.0 Å². The summed E-state index contributed by atoms with van der Waals surface area (Å²) in [6.07, 6.45) is 9.42. The second-order valence-electron chi connectivity index (χ2n) is 5.77. The van der Waals surface area contributed by atoms with Crippen molar-refractivity contribution in [3.63, 3.8) is 0 Å². The van der Waals surface area contributed by atoms with Crippen molar-refractivity contribution < 1.29 is 5.11 Å². The molecule has 1 aliphatic heterocycles. The number of nitrogens with zero attached hydrogens (tertiary/aromatic N) is 2. The molecule has 112 valence electrons. The lowest BCUT2D eigenvalue weighted by Crippen LogP contribution is -2.30. The van der Waals surface area contributed by atoms with Crippen LogP contribution in [0.25, 0.3) is 0 Å². The van der Waals surface area contributed by atoms with Gasteiger partial charge in [-0.2, -0.15) is 0 Å². The third-order valence-corrected chi connectivity index (χ3v) is 4.23. The molecule has 1 fully saturated rings. The highest BCUT2D eigenvalue weighted by atomic mass is 16.3. The quantitative estimate of drug-likeness (QED) is 0.813. The average Bonchev–Trinajstić information content (AvgIpc) is 2.48. The molecule has 0 aromatic carbocycles. The third kappa shape index (κ3) is 4.10. The molecule has 0 atom stereocenters. The van der Waals surface area contributed by atoms with Gasteiger partial charge in [0.15, 0.2) is 5.75 Å². The zero-order valence-corrected chi connectivity index (χ0v) is 12.5. The molecule has 0 spiro atoms. The Morgan fingerprint density at radius 3 is 2.55 bits per heavy atom. The molecular weight excluding hydrogens is 252 g/mol. The fourth-order valence-corrected chi connectivity index (χ4v) is 2.88. The molecule has 0 saturated carbocycles. The number of hydrogen-bond donors (Lipinski definition) is 1. The number of pyridine rings is 1. The Hall–Kier alpha value is -1.29. The number of aryl methyl sites for hydroxylation is 1. The van der Waals surface area contributed by atoms with E-state index >= 15 is 0 Å². The molecule has 1 aromatic heterocycles. The summed E-state index contributed by atoms with van der Waals surface area (Å²) in [6.45, 7) is 6.43. The first-order chi connectivity index (χ1) is 9.68. The minimum absolute atomic E-state index is 0.110. The van der Waals surface area contributed by atoms with Crippen LogP contribution in [0.5, 0.6) is 5.75 Å². The summed E-state index contributed by atoms with van der Waals surface area (Å²) in [5, 5.41) is 9.62. The van der Waals surface area contributed by atoms with Crippen molar-refractivity contribution in [2.24, 2.45) is 0 Å². The molecule has 20 heavy (non-hydrogen) atoms. The first-order valence-electron chi connectivity index (χ1n) is 7.80. The summed E-state index contributed by atoms with van der Waals surface area (Å²) in [4.78, 5) is 13.8. The van der Waals surface area contributed by atoms with Gasteiger partial charge in [0, 0.05) is 18.8 Å². The van der Waals surface area contributed by atoms with Crippen molar-refractivity contribution in [2.75, 3.05) is 19.6 Å². The second-order valence-corrected chi connectivity index (χ2v) is 5.77. The monoisotopic (exact) mass is 278 g/mol. The minimum Gasteiger partial charge on any atom is -0.503 e. The average molecular weight is 278 g/mol. The first-order valence-corrected chi connectivity index (χ1v) is 7.80. The highest BCUT2D eigenvalue weighted by Gasteiger charge is 2.09. The summed E-state index contributed by atoms with van der Waals surface area (Å²) < 4.78 is 1.97. The van der Waals surface area contributed by atoms with Gasteiger partial charge in [-0.3, -0.25) is 4.79 Å². The van der Waals surface area contributed by atoms with Gasteiger partial charge in [0.25, 0.3) is 0 Å². The van der Waals surface area contributed by atoms with E-state index in [2.05, 4.69) is 4.90 Å². The van der Waals surface area contributed by atoms with Gasteiger partial charge in [-0.25, -0.2) is 0 Å². The molecule has 2 rings (SSSR count). The Balaban J connectivity index is 1.68. The Kier molecular flexibility index (Phi) is 5.65. The fourth-order valence-electron chi connectivity index (χ4n) is 2.88. The molecule has 0 unspecified atom stereocenters. The van der Waals surface area contributed by atoms with Crippen LogP contribution in [0.1, 0.15) is 44.2 Å². The zero-order valence-electron chi connectivity index (χ0n) is 12.5. The summed E-state index contributed by atoms with van der Waals surface area (Å²) in [6, 6.07) is 1.44. The molecule has 2 heterocycles. The summed E-state index contributed by atoms with van der Waals surface area (Å²) >= 11 is 0. The van der Waals surface area contributed by atoms with Crippen LogP contribution >= 0.6 is 0 Å². The maximum atomic E-state index is 11.3. The van der Waals surface area contributed by atoms with Crippen molar-refractivity contribution >= 4 is 0 Å². The number of rotatable bonds is 6. The second kappa shape index (κ2) is 7.48. The van der Waals surface area contributed by atoms with Crippen molar-refractivity contribution in [3.8, 4) is 5.75 Å². The van der Waals surface area contributed by atoms with Crippen molar-refractivity contribution in [3.05, 3.63) is 28.2 Å². The van der Waals surface area contributed by atoms with Crippen molar-refractivity contribution in [1.82, 2.24) is 9.47 Å². The van der Waals surface area contributed by atoms with Crippen molar-refractivity contribution in [1.29, 1.82) is 0 Å². The highest BCUT2D eigenvalue weighted by Crippen LogP contribution is 2.12. The Morgan fingerprint density at radius 1 is 1.10 bits per heavy atom. The number of likely N-dealkylation sites (tertiary alicyclic amines) is 1. The molecule has 4 heteroatoms. The topological polar surface area (TPSA) is 45.5 Å². The van der Waals surface area contributed by atoms with Gasteiger partial charge >= 0.3 is 0 Å². The molecule has 0 amide bonds. The SMILES string of the molecule is Cc1c(O)c(=O)ccn1CCCCCN1CCCCC1. The summed E-state index contributed by atoms with van der Waals surface area (Å²) in [5.41, 5.74) is 0.386.